The van der Waals surface area contributed by atoms with Crippen LogP contribution in [0.5, 0.6) is 0 Å². The van der Waals surface area contributed by atoms with Crippen LogP contribution in [0.3, 0.4) is 0 Å². The Labute approximate surface area is 103 Å². The molecule has 3 unspecified atom stereocenters. The molecule has 1 aliphatic carbocycles. The van der Waals surface area contributed by atoms with Crippen LogP contribution in [0.15, 0.2) is 17.5 Å². The smallest absolute Gasteiger partial charge is 0.00978 e. The van der Waals surface area contributed by atoms with Crippen molar-refractivity contribution in [2.75, 3.05) is 0 Å². The van der Waals surface area contributed by atoms with E-state index in [-0.39, 0.29) is 0 Å². The van der Waals surface area contributed by atoms with Crippen molar-refractivity contribution >= 4 is 11.3 Å². The van der Waals surface area contributed by atoms with Crippen molar-refractivity contribution in [3.8, 4) is 0 Å². The van der Waals surface area contributed by atoms with E-state index in [1.165, 1.54) is 37.0 Å². The van der Waals surface area contributed by atoms with Gasteiger partial charge >= 0.3 is 0 Å². The van der Waals surface area contributed by atoms with Gasteiger partial charge < -0.3 is 5.32 Å². The molecule has 3 atom stereocenters. The summed E-state index contributed by atoms with van der Waals surface area (Å²) in [5.41, 5.74) is 0. The molecular formula is C14H23NS. The highest BCUT2D eigenvalue weighted by Gasteiger charge is 2.26. The lowest BCUT2D eigenvalue weighted by atomic mass is 9.99. The predicted molar refractivity (Wildman–Crippen MR) is 72.0 cm³/mol. The first-order valence-corrected chi connectivity index (χ1v) is 7.46. The molecule has 0 amide bonds. The van der Waals surface area contributed by atoms with Crippen LogP contribution < -0.4 is 5.32 Å². The van der Waals surface area contributed by atoms with E-state index in [1.54, 1.807) is 0 Å². The Kier molecular flexibility index (Phi) is 4.42. The molecule has 0 radical (unpaired) electrons. The molecule has 16 heavy (non-hydrogen) atoms. The van der Waals surface area contributed by atoms with Gasteiger partial charge in [-0.25, -0.2) is 0 Å². The Morgan fingerprint density at radius 2 is 2.38 bits per heavy atom. The summed E-state index contributed by atoms with van der Waals surface area (Å²) in [6.07, 6.45) is 6.75. The molecule has 0 aliphatic heterocycles. The van der Waals surface area contributed by atoms with Crippen LogP contribution in [0.25, 0.3) is 0 Å². The maximum Gasteiger partial charge on any atom is 0.00978 e. The van der Waals surface area contributed by atoms with E-state index >= 15 is 0 Å². The summed E-state index contributed by atoms with van der Waals surface area (Å²) < 4.78 is 0. The molecule has 1 aliphatic rings. The highest BCUT2D eigenvalue weighted by atomic mass is 32.1. The lowest BCUT2D eigenvalue weighted by Crippen LogP contribution is -2.39. The van der Waals surface area contributed by atoms with Gasteiger partial charge in [0.2, 0.25) is 0 Å². The lowest BCUT2D eigenvalue weighted by molar-refractivity contribution is 0.356. The second-order valence-electron chi connectivity index (χ2n) is 5.06. The summed E-state index contributed by atoms with van der Waals surface area (Å²) in [5, 5.41) is 6.00. The van der Waals surface area contributed by atoms with E-state index in [9.17, 15) is 0 Å². The molecule has 1 N–H and O–H groups in total. The average Bonchev–Trinajstić information content (AvgIpc) is 2.88. The van der Waals surface area contributed by atoms with Gasteiger partial charge in [0, 0.05) is 17.0 Å². The van der Waals surface area contributed by atoms with Crippen LogP contribution in [0.2, 0.25) is 0 Å². The summed E-state index contributed by atoms with van der Waals surface area (Å²) in [4.78, 5) is 1.51. The molecule has 0 saturated heterocycles. The van der Waals surface area contributed by atoms with Crippen LogP contribution in [0.4, 0.5) is 0 Å². The molecule has 1 nitrogen and oxygen atoms in total. The van der Waals surface area contributed by atoms with Crippen molar-refractivity contribution < 1.29 is 0 Å². The third-order valence-electron chi connectivity index (χ3n) is 3.77. The highest BCUT2D eigenvalue weighted by molar-refractivity contribution is 7.09. The summed E-state index contributed by atoms with van der Waals surface area (Å²) in [5.74, 6) is 0.922. The lowest BCUT2D eigenvalue weighted by Gasteiger charge is -2.24. The largest absolute Gasteiger partial charge is 0.311 e. The summed E-state index contributed by atoms with van der Waals surface area (Å²) >= 11 is 1.88. The van der Waals surface area contributed by atoms with Crippen LogP contribution in [-0.2, 0) is 6.42 Å². The van der Waals surface area contributed by atoms with Gasteiger partial charge in [-0.2, -0.15) is 0 Å². The molecule has 90 valence electrons. The van der Waals surface area contributed by atoms with Gasteiger partial charge in [0.15, 0.2) is 0 Å². The van der Waals surface area contributed by atoms with Gasteiger partial charge in [-0.15, -0.1) is 11.3 Å². The predicted octanol–water partition coefficient (Wildman–Crippen LogP) is 3.85. The Balaban J connectivity index is 1.80. The van der Waals surface area contributed by atoms with E-state index in [0.29, 0.717) is 6.04 Å². The van der Waals surface area contributed by atoms with E-state index in [2.05, 4.69) is 36.7 Å². The Hall–Kier alpha value is -0.340. The van der Waals surface area contributed by atoms with Crippen molar-refractivity contribution in [3.05, 3.63) is 22.4 Å². The fourth-order valence-corrected chi connectivity index (χ4v) is 3.74. The van der Waals surface area contributed by atoms with Crippen LogP contribution in [0, 0.1) is 5.92 Å². The van der Waals surface area contributed by atoms with Gasteiger partial charge in [0.25, 0.3) is 0 Å². The van der Waals surface area contributed by atoms with Crippen molar-refractivity contribution in [3.63, 3.8) is 0 Å². The molecule has 0 aromatic carbocycles. The zero-order chi connectivity index (χ0) is 11.4. The summed E-state index contributed by atoms with van der Waals surface area (Å²) in [6.45, 7) is 4.65. The Bertz CT molecular complexity index is 294. The Morgan fingerprint density at radius 1 is 1.50 bits per heavy atom. The van der Waals surface area contributed by atoms with E-state index < -0.39 is 0 Å². The molecule has 1 aromatic rings. The second kappa shape index (κ2) is 5.83. The van der Waals surface area contributed by atoms with Crippen molar-refractivity contribution in [1.82, 2.24) is 5.32 Å². The molecule has 1 saturated carbocycles. The summed E-state index contributed by atoms with van der Waals surface area (Å²) in [7, 11) is 0. The second-order valence-corrected chi connectivity index (χ2v) is 6.09. The molecule has 1 fully saturated rings. The third-order valence-corrected chi connectivity index (χ3v) is 4.67. The maximum atomic E-state index is 3.82. The fourth-order valence-electron chi connectivity index (χ4n) is 2.90. The number of hydrogen-bond donors (Lipinski definition) is 1. The van der Waals surface area contributed by atoms with E-state index in [1.807, 2.05) is 11.3 Å². The number of thiophene rings is 1. The van der Waals surface area contributed by atoms with Gasteiger partial charge in [0.1, 0.15) is 0 Å². The topological polar surface area (TPSA) is 12.0 Å². The number of nitrogens with one attached hydrogen (secondary N) is 1. The maximum absolute atomic E-state index is 3.82. The number of hydrogen-bond acceptors (Lipinski definition) is 2. The van der Waals surface area contributed by atoms with Crippen LogP contribution in [0.1, 0.15) is 44.4 Å². The quantitative estimate of drug-likeness (QED) is 0.820. The first-order chi connectivity index (χ1) is 7.79. The molecule has 0 bridgehead atoms. The Morgan fingerprint density at radius 3 is 3.06 bits per heavy atom. The normalized spacial score (nSPS) is 27.1. The molecule has 1 heterocycles. The van der Waals surface area contributed by atoms with E-state index in [4.69, 9.17) is 0 Å². The van der Waals surface area contributed by atoms with Gasteiger partial charge in [0.05, 0.1) is 0 Å². The minimum Gasteiger partial charge on any atom is -0.311 e. The zero-order valence-electron chi connectivity index (χ0n) is 10.4. The molecule has 0 spiro atoms. The standard InChI is InChI=1S/C14H23NS/c1-3-12-6-4-8-14(12)15-11(2)10-13-7-5-9-16-13/h5,7,9,11-12,14-15H,3-4,6,8,10H2,1-2H3. The van der Waals surface area contributed by atoms with Crippen molar-refractivity contribution in [2.24, 2.45) is 5.92 Å². The van der Waals surface area contributed by atoms with E-state index in [0.717, 1.165) is 12.0 Å². The fraction of sp³-hybridized carbons (Fsp3) is 0.714. The average molecular weight is 237 g/mol. The van der Waals surface area contributed by atoms with Gasteiger partial charge in [-0.3, -0.25) is 0 Å². The van der Waals surface area contributed by atoms with Gasteiger partial charge in [-0.05, 0) is 43.6 Å². The first-order valence-electron chi connectivity index (χ1n) is 6.58. The molecule has 2 rings (SSSR count). The summed E-state index contributed by atoms with van der Waals surface area (Å²) in [6, 6.07) is 5.79. The highest BCUT2D eigenvalue weighted by Crippen LogP contribution is 2.28. The zero-order valence-corrected chi connectivity index (χ0v) is 11.2. The first kappa shape index (κ1) is 12.1. The van der Waals surface area contributed by atoms with Crippen molar-refractivity contribution in [2.45, 2.75) is 58.0 Å². The molecule has 1 aromatic heterocycles. The SMILES string of the molecule is CCC1CCCC1NC(C)Cc1cccs1. The third kappa shape index (κ3) is 3.08. The molecular weight excluding hydrogens is 214 g/mol. The van der Waals surface area contributed by atoms with Crippen LogP contribution in [-0.4, -0.2) is 12.1 Å². The monoisotopic (exact) mass is 237 g/mol. The van der Waals surface area contributed by atoms with Crippen LogP contribution >= 0.6 is 11.3 Å². The number of rotatable bonds is 5. The minimum atomic E-state index is 0.621. The molecule has 2 heteroatoms. The van der Waals surface area contributed by atoms with Crippen molar-refractivity contribution in [1.29, 1.82) is 0 Å². The minimum absolute atomic E-state index is 0.621. The van der Waals surface area contributed by atoms with Gasteiger partial charge in [-0.1, -0.05) is 25.8 Å².